The van der Waals surface area contributed by atoms with Gasteiger partial charge >= 0.3 is 0 Å². The molecule has 1 aliphatic heterocycles. The van der Waals surface area contributed by atoms with Gasteiger partial charge in [-0.15, -0.1) is 11.3 Å². The average molecular weight is 340 g/mol. The zero-order valence-corrected chi connectivity index (χ0v) is 12.9. The maximum atomic E-state index is 12.7. The molecular formula is C13H14BrN3OS. The number of rotatable bonds is 2. The number of thiophene rings is 1. The minimum absolute atomic E-state index is 0.0581. The third-order valence-electron chi connectivity index (χ3n) is 3.48. The van der Waals surface area contributed by atoms with Crippen molar-refractivity contribution in [1.82, 2.24) is 14.7 Å². The molecule has 1 unspecified atom stereocenters. The van der Waals surface area contributed by atoms with Crippen LogP contribution in [-0.4, -0.2) is 27.1 Å². The Kier molecular flexibility index (Phi) is 3.45. The molecule has 0 radical (unpaired) electrons. The molecule has 0 aliphatic carbocycles. The fourth-order valence-corrected chi connectivity index (χ4v) is 3.97. The van der Waals surface area contributed by atoms with Crippen molar-refractivity contribution in [3.05, 3.63) is 38.8 Å². The number of hydrogen-bond donors (Lipinski definition) is 0. The number of carbonyl (C=O) groups is 1. The molecule has 1 atom stereocenters. The van der Waals surface area contributed by atoms with E-state index in [2.05, 4.69) is 32.5 Å². The molecule has 19 heavy (non-hydrogen) atoms. The van der Waals surface area contributed by atoms with Crippen LogP contribution in [0.15, 0.2) is 28.2 Å². The average Bonchev–Trinajstić information content (AvgIpc) is 3.08. The van der Waals surface area contributed by atoms with E-state index in [4.69, 9.17) is 0 Å². The second-order valence-corrected chi connectivity index (χ2v) is 6.47. The number of nitrogens with zero attached hydrogens (tertiary/aromatic N) is 3. The summed E-state index contributed by atoms with van der Waals surface area (Å²) in [5.41, 5.74) is 0.628. The largest absolute Gasteiger partial charge is 0.329 e. The molecule has 0 spiro atoms. The van der Waals surface area contributed by atoms with Crippen LogP contribution in [0.2, 0.25) is 0 Å². The van der Waals surface area contributed by atoms with Crippen LogP contribution in [0.25, 0.3) is 0 Å². The number of halogens is 1. The smallest absolute Gasteiger partial charge is 0.273 e. The predicted octanol–water partition coefficient (Wildman–Crippen LogP) is 3.22. The quantitative estimate of drug-likeness (QED) is 0.842. The SMILES string of the molecule is Cn1ncc(Br)c1C(=O)N1CCCC1c1cccs1. The van der Waals surface area contributed by atoms with E-state index in [0.29, 0.717) is 5.69 Å². The maximum absolute atomic E-state index is 12.7. The van der Waals surface area contributed by atoms with Crippen LogP contribution >= 0.6 is 27.3 Å². The third-order valence-corrected chi connectivity index (χ3v) is 5.04. The molecule has 1 saturated heterocycles. The summed E-state index contributed by atoms with van der Waals surface area (Å²) in [6.45, 7) is 0.818. The van der Waals surface area contributed by atoms with E-state index in [9.17, 15) is 4.79 Å². The molecule has 1 aliphatic rings. The molecule has 100 valence electrons. The van der Waals surface area contributed by atoms with Crippen molar-refractivity contribution in [3.8, 4) is 0 Å². The van der Waals surface area contributed by atoms with E-state index in [1.807, 2.05) is 11.0 Å². The molecular weight excluding hydrogens is 326 g/mol. The second-order valence-electron chi connectivity index (χ2n) is 4.64. The van der Waals surface area contributed by atoms with Gasteiger partial charge in [0.25, 0.3) is 5.91 Å². The van der Waals surface area contributed by atoms with Gasteiger partial charge in [-0.25, -0.2) is 0 Å². The molecule has 2 aromatic heterocycles. The summed E-state index contributed by atoms with van der Waals surface area (Å²) in [6, 6.07) is 4.37. The van der Waals surface area contributed by atoms with E-state index >= 15 is 0 Å². The molecule has 0 saturated carbocycles. The summed E-state index contributed by atoms with van der Waals surface area (Å²) in [7, 11) is 1.80. The molecule has 6 heteroatoms. The van der Waals surface area contributed by atoms with E-state index < -0.39 is 0 Å². The zero-order chi connectivity index (χ0) is 13.4. The summed E-state index contributed by atoms with van der Waals surface area (Å²) in [4.78, 5) is 15.9. The summed E-state index contributed by atoms with van der Waals surface area (Å²) in [5.74, 6) is 0.0581. The van der Waals surface area contributed by atoms with Gasteiger partial charge in [0.05, 0.1) is 16.7 Å². The van der Waals surface area contributed by atoms with Crippen LogP contribution in [0.1, 0.15) is 34.2 Å². The highest BCUT2D eigenvalue weighted by Crippen LogP contribution is 2.36. The van der Waals surface area contributed by atoms with Crippen molar-refractivity contribution in [2.75, 3.05) is 6.54 Å². The highest BCUT2D eigenvalue weighted by atomic mass is 79.9. The fraction of sp³-hybridized carbons (Fsp3) is 0.385. The number of likely N-dealkylation sites (tertiary alicyclic amines) is 1. The van der Waals surface area contributed by atoms with Gasteiger partial charge in [0.1, 0.15) is 5.69 Å². The lowest BCUT2D eigenvalue weighted by atomic mass is 10.2. The first-order valence-electron chi connectivity index (χ1n) is 6.20. The summed E-state index contributed by atoms with van der Waals surface area (Å²) in [5, 5.41) is 6.19. The van der Waals surface area contributed by atoms with Crippen molar-refractivity contribution in [2.24, 2.45) is 7.05 Å². The molecule has 0 aromatic carbocycles. The van der Waals surface area contributed by atoms with Crippen molar-refractivity contribution >= 4 is 33.2 Å². The summed E-state index contributed by atoms with van der Waals surface area (Å²) in [6.07, 6.45) is 3.77. The maximum Gasteiger partial charge on any atom is 0.273 e. The van der Waals surface area contributed by atoms with Crippen LogP contribution in [0.5, 0.6) is 0 Å². The Labute approximate surface area is 124 Å². The van der Waals surface area contributed by atoms with Crippen molar-refractivity contribution in [2.45, 2.75) is 18.9 Å². The fourth-order valence-electron chi connectivity index (χ4n) is 2.57. The zero-order valence-electron chi connectivity index (χ0n) is 10.5. The highest BCUT2D eigenvalue weighted by molar-refractivity contribution is 9.10. The molecule has 1 fully saturated rings. The number of hydrogen-bond acceptors (Lipinski definition) is 3. The first-order valence-corrected chi connectivity index (χ1v) is 7.87. The Balaban J connectivity index is 1.91. The Hall–Kier alpha value is -1.14. The van der Waals surface area contributed by atoms with Gasteiger partial charge in [-0.2, -0.15) is 5.10 Å². The number of aromatic nitrogens is 2. The van der Waals surface area contributed by atoms with Crippen LogP contribution in [0, 0.1) is 0 Å². The summed E-state index contributed by atoms with van der Waals surface area (Å²) < 4.78 is 2.40. The van der Waals surface area contributed by atoms with Gasteiger partial charge in [0.15, 0.2) is 0 Å². The number of carbonyl (C=O) groups excluding carboxylic acids is 1. The molecule has 3 heterocycles. The molecule has 0 N–H and O–H groups in total. The van der Waals surface area contributed by atoms with Gasteiger partial charge in [-0.05, 0) is 40.2 Å². The third kappa shape index (κ3) is 2.23. The second kappa shape index (κ2) is 5.09. The molecule has 0 bridgehead atoms. The van der Waals surface area contributed by atoms with Gasteiger partial charge in [0, 0.05) is 18.5 Å². The topological polar surface area (TPSA) is 38.1 Å². The minimum atomic E-state index is 0.0581. The van der Waals surface area contributed by atoms with E-state index in [0.717, 1.165) is 23.9 Å². The van der Waals surface area contributed by atoms with Gasteiger partial charge in [0.2, 0.25) is 0 Å². The van der Waals surface area contributed by atoms with Gasteiger partial charge in [-0.1, -0.05) is 6.07 Å². The lowest BCUT2D eigenvalue weighted by Crippen LogP contribution is -2.31. The Bertz CT molecular complexity index is 574. The Morgan fingerprint density at radius 2 is 2.42 bits per heavy atom. The monoisotopic (exact) mass is 339 g/mol. The lowest BCUT2D eigenvalue weighted by Gasteiger charge is -2.24. The van der Waals surface area contributed by atoms with E-state index in [-0.39, 0.29) is 11.9 Å². The Morgan fingerprint density at radius 1 is 1.58 bits per heavy atom. The first kappa shape index (κ1) is 12.9. The Morgan fingerprint density at radius 3 is 3.05 bits per heavy atom. The first-order chi connectivity index (χ1) is 9.18. The molecule has 4 nitrogen and oxygen atoms in total. The molecule has 2 aromatic rings. The van der Waals surface area contributed by atoms with Crippen LogP contribution < -0.4 is 0 Å². The standard InChI is InChI=1S/C13H14BrN3OS/c1-16-12(9(14)8-15-16)13(18)17-6-2-4-10(17)11-5-3-7-19-11/h3,5,7-8,10H,2,4,6H2,1H3. The highest BCUT2D eigenvalue weighted by Gasteiger charge is 2.33. The predicted molar refractivity (Wildman–Crippen MR) is 78.2 cm³/mol. The van der Waals surface area contributed by atoms with E-state index in [1.165, 1.54) is 4.88 Å². The van der Waals surface area contributed by atoms with Crippen LogP contribution in [0.4, 0.5) is 0 Å². The van der Waals surface area contributed by atoms with E-state index in [1.54, 1.807) is 29.3 Å². The lowest BCUT2D eigenvalue weighted by molar-refractivity contribution is 0.0725. The van der Waals surface area contributed by atoms with Gasteiger partial charge in [-0.3, -0.25) is 9.48 Å². The molecule has 1 amide bonds. The van der Waals surface area contributed by atoms with Crippen LogP contribution in [-0.2, 0) is 7.05 Å². The van der Waals surface area contributed by atoms with Crippen molar-refractivity contribution < 1.29 is 4.79 Å². The number of amides is 1. The van der Waals surface area contributed by atoms with Crippen molar-refractivity contribution in [3.63, 3.8) is 0 Å². The normalized spacial score (nSPS) is 19.1. The summed E-state index contributed by atoms with van der Waals surface area (Å²) >= 11 is 5.12. The van der Waals surface area contributed by atoms with Crippen LogP contribution in [0.3, 0.4) is 0 Å². The van der Waals surface area contributed by atoms with Crippen molar-refractivity contribution in [1.29, 1.82) is 0 Å². The van der Waals surface area contributed by atoms with Gasteiger partial charge < -0.3 is 4.90 Å². The molecule has 3 rings (SSSR count). The minimum Gasteiger partial charge on any atom is -0.329 e. The number of aryl methyl sites for hydroxylation is 1.